The van der Waals surface area contributed by atoms with Gasteiger partial charge in [0.05, 0.1) is 34.3 Å². The second-order valence-electron chi connectivity index (χ2n) is 9.28. The van der Waals surface area contributed by atoms with E-state index in [9.17, 15) is 4.79 Å². The van der Waals surface area contributed by atoms with Crippen LogP contribution in [0.5, 0.6) is 0 Å². The molecular formula is C28H24N8O. The SMILES string of the molecule is Cc1cccc(-c2nccc3[nH]c(-c4n[nH]c5ccc(-c6cncc(NC(=O)C(C)C)c6)nc45)nc23)c1. The van der Waals surface area contributed by atoms with Gasteiger partial charge in [-0.2, -0.15) is 5.10 Å². The van der Waals surface area contributed by atoms with Crippen LogP contribution in [0.2, 0.25) is 0 Å². The molecule has 1 amide bonds. The van der Waals surface area contributed by atoms with Crippen LogP contribution in [0.25, 0.3) is 56.1 Å². The van der Waals surface area contributed by atoms with Crippen LogP contribution in [-0.4, -0.2) is 41.0 Å². The van der Waals surface area contributed by atoms with E-state index >= 15 is 0 Å². The molecule has 9 heteroatoms. The standard InChI is InChI=1S/C28H24N8O/c1-15(2)28(37)31-19-12-18(13-29-14-19)20-7-8-22-25(32-20)26(36-35-22)27-33-21-9-10-30-23(24(21)34-27)17-6-4-5-16(3)11-17/h4-15H,1-3H3,(H,31,37)(H,33,34)(H,35,36). The number of aromatic amines is 2. The van der Waals surface area contributed by atoms with Crippen LogP contribution in [0.4, 0.5) is 5.69 Å². The lowest BCUT2D eigenvalue weighted by atomic mass is 10.1. The van der Waals surface area contributed by atoms with Crippen LogP contribution in [0.3, 0.4) is 0 Å². The van der Waals surface area contributed by atoms with E-state index in [4.69, 9.17) is 9.97 Å². The Hall–Kier alpha value is -4.92. The average molecular weight is 489 g/mol. The number of aromatic nitrogens is 7. The largest absolute Gasteiger partial charge is 0.336 e. The first-order valence-corrected chi connectivity index (χ1v) is 12.0. The number of fused-ring (bicyclic) bond motifs is 2. The normalized spacial score (nSPS) is 11.5. The first kappa shape index (κ1) is 22.5. The van der Waals surface area contributed by atoms with Gasteiger partial charge < -0.3 is 10.3 Å². The second kappa shape index (κ2) is 8.94. The predicted molar refractivity (Wildman–Crippen MR) is 144 cm³/mol. The summed E-state index contributed by atoms with van der Waals surface area (Å²) in [5, 5.41) is 10.5. The topological polar surface area (TPSA) is 125 Å². The van der Waals surface area contributed by atoms with Gasteiger partial charge in [0.2, 0.25) is 5.91 Å². The summed E-state index contributed by atoms with van der Waals surface area (Å²) in [6.07, 6.45) is 5.12. The van der Waals surface area contributed by atoms with Crippen molar-refractivity contribution < 1.29 is 4.79 Å². The number of benzene rings is 1. The van der Waals surface area contributed by atoms with Gasteiger partial charge in [-0.1, -0.05) is 37.6 Å². The van der Waals surface area contributed by atoms with Crippen LogP contribution < -0.4 is 5.32 Å². The Kier molecular flexibility index (Phi) is 5.45. The third kappa shape index (κ3) is 4.20. The fraction of sp³-hybridized carbons (Fsp3) is 0.143. The van der Waals surface area contributed by atoms with E-state index in [1.807, 2.05) is 50.2 Å². The van der Waals surface area contributed by atoms with E-state index in [1.54, 1.807) is 18.6 Å². The minimum atomic E-state index is -0.128. The van der Waals surface area contributed by atoms with Crippen molar-refractivity contribution in [2.45, 2.75) is 20.8 Å². The molecule has 0 spiro atoms. The van der Waals surface area contributed by atoms with Gasteiger partial charge in [-0.3, -0.25) is 19.9 Å². The quantitative estimate of drug-likeness (QED) is 0.293. The maximum atomic E-state index is 12.1. The number of hydrogen-bond acceptors (Lipinski definition) is 6. The van der Waals surface area contributed by atoms with E-state index in [0.29, 0.717) is 28.4 Å². The number of anilines is 1. The molecule has 6 aromatic rings. The minimum Gasteiger partial charge on any atom is -0.336 e. The molecule has 5 heterocycles. The lowest BCUT2D eigenvalue weighted by molar-refractivity contribution is -0.118. The van der Waals surface area contributed by atoms with Crippen molar-refractivity contribution in [3.63, 3.8) is 0 Å². The number of amides is 1. The van der Waals surface area contributed by atoms with E-state index in [2.05, 4.69) is 49.5 Å². The highest BCUT2D eigenvalue weighted by atomic mass is 16.1. The summed E-state index contributed by atoms with van der Waals surface area (Å²) in [6, 6.07) is 15.8. The van der Waals surface area contributed by atoms with E-state index < -0.39 is 0 Å². The number of rotatable bonds is 5. The summed E-state index contributed by atoms with van der Waals surface area (Å²) >= 11 is 0. The monoisotopic (exact) mass is 488 g/mol. The van der Waals surface area contributed by atoms with Crippen molar-refractivity contribution in [3.8, 4) is 34.0 Å². The van der Waals surface area contributed by atoms with Crippen molar-refractivity contribution in [3.05, 3.63) is 72.7 Å². The maximum absolute atomic E-state index is 12.1. The lowest BCUT2D eigenvalue weighted by Crippen LogP contribution is -2.17. The van der Waals surface area contributed by atoms with Crippen molar-refractivity contribution in [2.24, 2.45) is 5.92 Å². The molecule has 0 fully saturated rings. The number of nitrogens with zero attached hydrogens (tertiary/aromatic N) is 5. The Labute approximate surface area is 212 Å². The molecular weight excluding hydrogens is 464 g/mol. The van der Waals surface area contributed by atoms with Crippen molar-refractivity contribution in [2.75, 3.05) is 5.32 Å². The predicted octanol–water partition coefficient (Wildman–Crippen LogP) is 5.53. The second-order valence-corrected chi connectivity index (χ2v) is 9.28. The van der Waals surface area contributed by atoms with Gasteiger partial charge in [0.1, 0.15) is 11.0 Å². The minimum absolute atomic E-state index is 0.0658. The molecule has 6 rings (SSSR count). The number of imidazole rings is 1. The fourth-order valence-corrected chi connectivity index (χ4v) is 4.21. The molecule has 5 aromatic heterocycles. The number of pyridine rings is 3. The first-order chi connectivity index (χ1) is 18.0. The highest BCUT2D eigenvalue weighted by Crippen LogP contribution is 2.31. The van der Waals surface area contributed by atoms with Gasteiger partial charge in [0, 0.05) is 29.4 Å². The summed E-state index contributed by atoms with van der Waals surface area (Å²) in [4.78, 5) is 34.2. The number of nitrogens with one attached hydrogen (secondary N) is 3. The molecule has 0 atom stereocenters. The van der Waals surface area contributed by atoms with Gasteiger partial charge >= 0.3 is 0 Å². The summed E-state index contributed by atoms with van der Waals surface area (Å²) < 4.78 is 0. The van der Waals surface area contributed by atoms with Gasteiger partial charge in [-0.05, 0) is 37.3 Å². The molecule has 37 heavy (non-hydrogen) atoms. The molecule has 0 radical (unpaired) electrons. The molecule has 0 unspecified atom stereocenters. The molecule has 0 aliphatic rings. The van der Waals surface area contributed by atoms with Gasteiger partial charge in [-0.25, -0.2) is 9.97 Å². The molecule has 0 saturated carbocycles. The molecule has 182 valence electrons. The number of carbonyl (C=O) groups excluding carboxylic acids is 1. The highest BCUT2D eigenvalue weighted by Gasteiger charge is 2.18. The van der Waals surface area contributed by atoms with Crippen molar-refractivity contribution >= 4 is 33.7 Å². The molecule has 0 aliphatic heterocycles. The molecule has 0 bridgehead atoms. The smallest absolute Gasteiger partial charge is 0.226 e. The first-order valence-electron chi connectivity index (χ1n) is 12.0. The van der Waals surface area contributed by atoms with Gasteiger partial charge in [0.15, 0.2) is 11.5 Å². The van der Waals surface area contributed by atoms with E-state index in [1.165, 1.54) is 0 Å². The van der Waals surface area contributed by atoms with E-state index in [-0.39, 0.29) is 11.8 Å². The molecule has 9 nitrogen and oxygen atoms in total. The van der Waals surface area contributed by atoms with Crippen LogP contribution in [0.1, 0.15) is 19.4 Å². The van der Waals surface area contributed by atoms with Crippen molar-refractivity contribution in [1.29, 1.82) is 0 Å². The van der Waals surface area contributed by atoms with Crippen LogP contribution in [0.15, 0.2) is 67.1 Å². The Morgan fingerprint density at radius 1 is 0.919 bits per heavy atom. The third-order valence-corrected chi connectivity index (χ3v) is 6.15. The number of hydrogen-bond donors (Lipinski definition) is 3. The summed E-state index contributed by atoms with van der Waals surface area (Å²) in [5.41, 5.74) is 8.81. The Morgan fingerprint density at radius 3 is 2.62 bits per heavy atom. The zero-order valence-electron chi connectivity index (χ0n) is 20.6. The maximum Gasteiger partial charge on any atom is 0.226 e. The average Bonchev–Trinajstić information content (AvgIpc) is 3.52. The lowest BCUT2D eigenvalue weighted by Gasteiger charge is -2.08. The fourth-order valence-electron chi connectivity index (χ4n) is 4.21. The molecule has 1 aromatic carbocycles. The molecule has 3 N–H and O–H groups in total. The number of carbonyl (C=O) groups is 1. The summed E-state index contributed by atoms with van der Waals surface area (Å²) in [5.74, 6) is 0.407. The van der Waals surface area contributed by atoms with Crippen LogP contribution >= 0.6 is 0 Å². The van der Waals surface area contributed by atoms with Gasteiger partial charge in [-0.15, -0.1) is 0 Å². The Balaban J connectivity index is 1.41. The van der Waals surface area contributed by atoms with Gasteiger partial charge in [0.25, 0.3) is 0 Å². The summed E-state index contributed by atoms with van der Waals surface area (Å²) in [6.45, 7) is 5.75. The Morgan fingerprint density at radius 2 is 1.78 bits per heavy atom. The molecule has 0 saturated heterocycles. The summed E-state index contributed by atoms with van der Waals surface area (Å²) in [7, 11) is 0. The Bertz CT molecular complexity index is 1780. The van der Waals surface area contributed by atoms with E-state index in [0.717, 1.165) is 38.9 Å². The number of H-pyrrole nitrogens is 2. The number of aryl methyl sites for hydroxylation is 1. The third-order valence-electron chi connectivity index (χ3n) is 6.15. The molecule has 0 aliphatic carbocycles. The van der Waals surface area contributed by atoms with Crippen LogP contribution in [-0.2, 0) is 4.79 Å². The zero-order valence-corrected chi connectivity index (χ0v) is 20.6. The van der Waals surface area contributed by atoms with Crippen LogP contribution in [0, 0.1) is 12.8 Å². The zero-order chi connectivity index (χ0) is 25.5. The van der Waals surface area contributed by atoms with Crippen molar-refractivity contribution in [1.82, 2.24) is 35.1 Å². The highest BCUT2D eigenvalue weighted by molar-refractivity contribution is 5.95.